The maximum absolute atomic E-state index is 6.16. The Hall–Kier alpha value is -1.99. The number of benzene rings is 2. The van der Waals surface area contributed by atoms with Crippen LogP contribution in [0, 0.1) is 5.92 Å². The lowest BCUT2D eigenvalue weighted by Gasteiger charge is -2.29. The summed E-state index contributed by atoms with van der Waals surface area (Å²) in [6.07, 6.45) is 4.53. The fourth-order valence-corrected chi connectivity index (χ4v) is 5.28. The van der Waals surface area contributed by atoms with Crippen molar-refractivity contribution in [2.45, 2.75) is 31.7 Å². The van der Waals surface area contributed by atoms with Gasteiger partial charge in [0, 0.05) is 37.1 Å². The third kappa shape index (κ3) is 6.36. The third-order valence-electron chi connectivity index (χ3n) is 6.11. The van der Waals surface area contributed by atoms with Gasteiger partial charge in [0.15, 0.2) is 5.75 Å². The molecule has 1 heterocycles. The summed E-state index contributed by atoms with van der Waals surface area (Å²) in [6.45, 7) is 2.19. The van der Waals surface area contributed by atoms with Crippen LogP contribution in [-0.2, 0) is 0 Å². The molecule has 34 heavy (non-hydrogen) atoms. The van der Waals surface area contributed by atoms with Crippen LogP contribution >= 0.6 is 34.8 Å². The van der Waals surface area contributed by atoms with Gasteiger partial charge >= 0.3 is 0 Å². The van der Waals surface area contributed by atoms with Crippen molar-refractivity contribution in [3.05, 3.63) is 51.5 Å². The van der Waals surface area contributed by atoms with E-state index in [1.54, 1.807) is 12.1 Å². The zero-order chi connectivity index (χ0) is 24.1. The lowest BCUT2D eigenvalue weighted by atomic mass is 9.86. The van der Waals surface area contributed by atoms with Crippen LogP contribution in [0.5, 0.6) is 5.75 Å². The van der Waals surface area contributed by atoms with Crippen LogP contribution in [0.4, 0.5) is 11.8 Å². The smallest absolute Gasteiger partial charge is 0.225 e. The molecule has 1 aliphatic carbocycles. The molecule has 3 aromatic rings. The van der Waals surface area contributed by atoms with Gasteiger partial charge in [-0.1, -0.05) is 46.9 Å². The first-order valence-corrected chi connectivity index (χ1v) is 12.7. The van der Waals surface area contributed by atoms with E-state index in [4.69, 9.17) is 49.5 Å². The molecule has 0 spiro atoms. The lowest BCUT2D eigenvalue weighted by molar-refractivity contribution is 0.289. The quantitative estimate of drug-likeness (QED) is 0.322. The molecule has 0 saturated heterocycles. The van der Waals surface area contributed by atoms with E-state index in [0.29, 0.717) is 45.3 Å². The average molecular weight is 523 g/mol. The minimum absolute atomic E-state index is 0.393. The summed E-state index contributed by atoms with van der Waals surface area (Å²) in [5.74, 6) is 2.78. The highest BCUT2D eigenvalue weighted by atomic mass is 35.5. The van der Waals surface area contributed by atoms with Gasteiger partial charge < -0.3 is 20.3 Å². The highest BCUT2D eigenvalue weighted by molar-refractivity contribution is 6.40. The van der Waals surface area contributed by atoms with Crippen molar-refractivity contribution >= 4 is 57.5 Å². The van der Waals surface area contributed by atoms with E-state index in [1.165, 1.54) is 0 Å². The molecule has 0 aliphatic heterocycles. The van der Waals surface area contributed by atoms with Crippen LogP contribution in [-0.4, -0.2) is 49.8 Å². The molecule has 2 N–H and O–H groups in total. The fraction of sp³-hybridized carbons (Fsp3) is 0.440. The second-order valence-corrected chi connectivity index (χ2v) is 10.1. The van der Waals surface area contributed by atoms with Crippen LogP contribution in [0.25, 0.3) is 10.9 Å². The Balaban J connectivity index is 1.21. The second kappa shape index (κ2) is 11.6. The van der Waals surface area contributed by atoms with Crippen molar-refractivity contribution in [2.24, 2.45) is 5.92 Å². The van der Waals surface area contributed by atoms with Crippen LogP contribution in [0.2, 0.25) is 15.1 Å². The van der Waals surface area contributed by atoms with Gasteiger partial charge in [-0.15, -0.1) is 0 Å². The molecular formula is C25H30Cl3N5O. The average Bonchev–Trinajstić information content (AvgIpc) is 2.80. The highest BCUT2D eigenvalue weighted by Gasteiger charge is 2.22. The summed E-state index contributed by atoms with van der Waals surface area (Å²) in [7, 11) is 4.03. The molecule has 2 aromatic carbocycles. The highest BCUT2D eigenvalue weighted by Crippen LogP contribution is 2.35. The Bertz CT molecular complexity index is 1100. The van der Waals surface area contributed by atoms with E-state index in [1.807, 2.05) is 37.2 Å². The molecule has 0 bridgehead atoms. The predicted molar refractivity (Wildman–Crippen MR) is 143 cm³/mol. The maximum atomic E-state index is 6.16. The number of anilines is 2. The molecule has 1 aliphatic rings. The SMILES string of the molecule is CN(C)c1nc(N[C@H]2CC[C@@H](CNCCOc3c(Cl)cc(Cl)cc3Cl)CC2)nc2ccccc12. The van der Waals surface area contributed by atoms with Gasteiger partial charge in [-0.3, -0.25) is 0 Å². The second-order valence-electron chi connectivity index (χ2n) is 8.90. The van der Waals surface area contributed by atoms with Gasteiger partial charge in [-0.25, -0.2) is 4.98 Å². The topological polar surface area (TPSA) is 62.3 Å². The summed E-state index contributed by atoms with van der Waals surface area (Å²) in [4.78, 5) is 11.6. The van der Waals surface area contributed by atoms with Crippen molar-refractivity contribution in [1.82, 2.24) is 15.3 Å². The van der Waals surface area contributed by atoms with Crippen molar-refractivity contribution in [3.8, 4) is 5.75 Å². The molecule has 0 unspecified atom stereocenters. The van der Waals surface area contributed by atoms with Gasteiger partial charge in [0.2, 0.25) is 5.95 Å². The number of nitrogens with one attached hydrogen (secondary N) is 2. The fourth-order valence-electron chi connectivity index (χ4n) is 4.36. The largest absolute Gasteiger partial charge is 0.489 e. The molecule has 0 atom stereocenters. The molecule has 1 fully saturated rings. The van der Waals surface area contributed by atoms with Crippen LogP contribution in [0.3, 0.4) is 0 Å². The molecule has 0 amide bonds. The van der Waals surface area contributed by atoms with E-state index in [2.05, 4.69) is 16.7 Å². The minimum Gasteiger partial charge on any atom is -0.489 e. The lowest BCUT2D eigenvalue weighted by Crippen LogP contribution is -2.33. The number of aromatic nitrogens is 2. The standard InChI is InChI=1S/C25H30Cl3N5O/c1-33(2)24-19-5-3-4-6-22(19)31-25(32-24)30-18-9-7-16(8-10-18)15-29-11-12-34-23-20(27)13-17(26)14-21(23)28/h3-6,13-14,16,18,29H,7-12,15H2,1-2H3,(H,30,31,32)/t16-,18+. The first-order chi connectivity index (χ1) is 16.4. The normalized spacial score (nSPS) is 18.1. The molecule has 6 nitrogen and oxygen atoms in total. The van der Waals surface area contributed by atoms with Crippen LogP contribution < -0.4 is 20.3 Å². The van der Waals surface area contributed by atoms with Crippen molar-refractivity contribution in [2.75, 3.05) is 44.0 Å². The summed E-state index contributed by atoms with van der Waals surface area (Å²) < 4.78 is 5.74. The first-order valence-electron chi connectivity index (χ1n) is 11.6. The van der Waals surface area contributed by atoms with E-state index in [0.717, 1.165) is 55.5 Å². The summed E-state index contributed by atoms with van der Waals surface area (Å²) in [5, 5.41) is 9.48. The van der Waals surface area contributed by atoms with Gasteiger partial charge in [0.05, 0.1) is 15.6 Å². The zero-order valence-corrected chi connectivity index (χ0v) is 21.7. The van der Waals surface area contributed by atoms with E-state index in [9.17, 15) is 0 Å². The van der Waals surface area contributed by atoms with Crippen molar-refractivity contribution < 1.29 is 4.74 Å². The number of ether oxygens (including phenoxy) is 1. The summed E-state index contributed by atoms with van der Waals surface area (Å²) in [6, 6.07) is 11.8. The van der Waals surface area contributed by atoms with Gasteiger partial charge in [0.1, 0.15) is 12.4 Å². The molecule has 0 radical (unpaired) electrons. The Morgan fingerprint density at radius 3 is 2.41 bits per heavy atom. The monoisotopic (exact) mass is 521 g/mol. The Labute approximate surface area is 216 Å². The maximum Gasteiger partial charge on any atom is 0.225 e. The molecule has 4 rings (SSSR count). The number of rotatable bonds is 9. The molecule has 1 aromatic heterocycles. The molecule has 182 valence electrons. The Kier molecular flexibility index (Phi) is 8.59. The van der Waals surface area contributed by atoms with E-state index < -0.39 is 0 Å². The summed E-state index contributed by atoms with van der Waals surface area (Å²) in [5.41, 5.74) is 0.963. The Morgan fingerprint density at radius 2 is 1.71 bits per heavy atom. The number of para-hydroxylation sites is 1. The zero-order valence-electron chi connectivity index (χ0n) is 19.5. The first kappa shape index (κ1) is 25.1. The Morgan fingerprint density at radius 1 is 1.00 bits per heavy atom. The molecular weight excluding hydrogens is 493 g/mol. The number of hydrogen-bond donors (Lipinski definition) is 2. The minimum atomic E-state index is 0.393. The van der Waals surface area contributed by atoms with Crippen molar-refractivity contribution in [1.29, 1.82) is 0 Å². The van der Waals surface area contributed by atoms with E-state index >= 15 is 0 Å². The third-order valence-corrected chi connectivity index (χ3v) is 6.89. The molecule has 9 heteroatoms. The number of nitrogens with zero attached hydrogens (tertiary/aromatic N) is 3. The van der Waals surface area contributed by atoms with Gasteiger partial charge in [-0.05, 0) is 62.4 Å². The summed E-state index contributed by atoms with van der Waals surface area (Å²) >= 11 is 18.3. The molecule has 1 saturated carbocycles. The van der Waals surface area contributed by atoms with E-state index in [-0.39, 0.29) is 0 Å². The number of halogens is 3. The van der Waals surface area contributed by atoms with Crippen LogP contribution in [0.1, 0.15) is 25.7 Å². The number of hydrogen-bond acceptors (Lipinski definition) is 6. The van der Waals surface area contributed by atoms with Gasteiger partial charge in [-0.2, -0.15) is 4.98 Å². The van der Waals surface area contributed by atoms with Crippen LogP contribution in [0.15, 0.2) is 36.4 Å². The van der Waals surface area contributed by atoms with Gasteiger partial charge in [0.25, 0.3) is 0 Å². The van der Waals surface area contributed by atoms with Crippen molar-refractivity contribution in [3.63, 3.8) is 0 Å². The predicted octanol–water partition coefficient (Wildman–Crippen LogP) is 6.30. The number of fused-ring (bicyclic) bond motifs is 1.